The lowest BCUT2D eigenvalue weighted by Crippen LogP contribution is -2.19. The SMILES string of the molecule is CC1C=C(C(F)(F)F)C=CC1c1nc2ccccc2c(=O)o1. The molecule has 0 aliphatic heterocycles. The molecule has 6 heteroatoms. The molecule has 0 fully saturated rings. The minimum absolute atomic E-state index is 0.130. The van der Waals surface area contributed by atoms with Crippen molar-refractivity contribution >= 4 is 10.9 Å². The first-order chi connectivity index (χ1) is 10.4. The Hall–Kier alpha value is -2.37. The molecule has 1 heterocycles. The highest BCUT2D eigenvalue weighted by atomic mass is 19.4. The van der Waals surface area contributed by atoms with E-state index >= 15 is 0 Å². The molecule has 3 nitrogen and oxygen atoms in total. The predicted molar refractivity (Wildman–Crippen MR) is 75.5 cm³/mol. The minimum Gasteiger partial charge on any atom is -0.407 e. The summed E-state index contributed by atoms with van der Waals surface area (Å²) >= 11 is 0. The maximum absolute atomic E-state index is 12.7. The molecule has 1 aromatic carbocycles. The van der Waals surface area contributed by atoms with Gasteiger partial charge in [-0.25, -0.2) is 9.78 Å². The highest BCUT2D eigenvalue weighted by molar-refractivity contribution is 5.76. The van der Waals surface area contributed by atoms with Crippen LogP contribution in [0.5, 0.6) is 0 Å². The monoisotopic (exact) mass is 307 g/mol. The van der Waals surface area contributed by atoms with E-state index in [9.17, 15) is 18.0 Å². The van der Waals surface area contributed by atoms with Crippen molar-refractivity contribution in [3.05, 3.63) is 64.4 Å². The van der Waals surface area contributed by atoms with Crippen molar-refractivity contribution < 1.29 is 17.6 Å². The van der Waals surface area contributed by atoms with Crippen LogP contribution in [-0.2, 0) is 0 Å². The van der Waals surface area contributed by atoms with Gasteiger partial charge in [0.2, 0.25) is 5.89 Å². The highest BCUT2D eigenvalue weighted by Crippen LogP contribution is 2.36. The lowest BCUT2D eigenvalue weighted by atomic mass is 9.86. The van der Waals surface area contributed by atoms with Crippen molar-refractivity contribution in [2.75, 3.05) is 0 Å². The van der Waals surface area contributed by atoms with Gasteiger partial charge in [0.15, 0.2) is 0 Å². The topological polar surface area (TPSA) is 43.1 Å². The van der Waals surface area contributed by atoms with Gasteiger partial charge in [0.05, 0.1) is 22.4 Å². The number of benzene rings is 1. The van der Waals surface area contributed by atoms with E-state index in [-0.39, 0.29) is 5.89 Å². The van der Waals surface area contributed by atoms with Gasteiger partial charge in [0.1, 0.15) is 0 Å². The Morgan fingerprint density at radius 2 is 1.95 bits per heavy atom. The Labute approximate surface area is 123 Å². The zero-order valence-corrected chi connectivity index (χ0v) is 11.6. The molecule has 0 spiro atoms. The third-order valence-corrected chi connectivity index (χ3v) is 3.66. The summed E-state index contributed by atoms with van der Waals surface area (Å²) < 4.78 is 43.3. The van der Waals surface area contributed by atoms with E-state index in [1.54, 1.807) is 31.2 Å². The van der Waals surface area contributed by atoms with E-state index in [0.29, 0.717) is 10.9 Å². The standard InChI is InChI=1S/C16H12F3NO2/c1-9-8-10(16(17,18)19)6-7-11(9)14-20-13-5-3-2-4-12(13)15(21)22-14/h2-9,11H,1H3. The van der Waals surface area contributed by atoms with Gasteiger partial charge >= 0.3 is 11.8 Å². The van der Waals surface area contributed by atoms with Crippen molar-refractivity contribution in [1.29, 1.82) is 0 Å². The van der Waals surface area contributed by atoms with Gasteiger partial charge in [-0.2, -0.15) is 13.2 Å². The molecule has 114 valence electrons. The lowest BCUT2D eigenvalue weighted by Gasteiger charge is -2.22. The van der Waals surface area contributed by atoms with Gasteiger partial charge in [-0.1, -0.05) is 37.3 Å². The maximum atomic E-state index is 12.7. The molecule has 2 atom stereocenters. The van der Waals surface area contributed by atoms with E-state index in [0.717, 1.165) is 12.2 Å². The number of allylic oxidation sites excluding steroid dienone is 4. The number of fused-ring (bicyclic) bond motifs is 1. The quantitative estimate of drug-likeness (QED) is 0.800. The van der Waals surface area contributed by atoms with E-state index in [1.165, 1.54) is 6.08 Å². The fourth-order valence-electron chi connectivity index (χ4n) is 2.50. The van der Waals surface area contributed by atoms with Gasteiger partial charge in [-0.3, -0.25) is 0 Å². The predicted octanol–water partition coefficient (Wildman–Crippen LogP) is 3.97. The fourth-order valence-corrected chi connectivity index (χ4v) is 2.50. The first-order valence-electron chi connectivity index (χ1n) is 6.73. The average molecular weight is 307 g/mol. The van der Waals surface area contributed by atoms with Gasteiger partial charge in [-0.15, -0.1) is 0 Å². The van der Waals surface area contributed by atoms with Crippen molar-refractivity contribution in [3.8, 4) is 0 Å². The first-order valence-corrected chi connectivity index (χ1v) is 6.73. The molecule has 2 unspecified atom stereocenters. The second-order valence-corrected chi connectivity index (χ2v) is 5.22. The molecule has 0 saturated carbocycles. The van der Waals surface area contributed by atoms with Gasteiger partial charge in [0.25, 0.3) is 0 Å². The molecule has 1 aliphatic rings. The van der Waals surface area contributed by atoms with Crippen molar-refractivity contribution in [3.63, 3.8) is 0 Å². The summed E-state index contributed by atoms with van der Waals surface area (Å²) in [5.41, 5.74) is -0.758. The summed E-state index contributed by atoms with van der Waals surface area (Å²) in [6.07, 6.45) is -0.871. The molecule has 0 bridgehead atoms. The number of rotatable bonds is 1. The summed E-state index contributed by atoms with van der Waals surface area (Å²) in [4.78, 5) is 16.2. The number of hydrogen-bond acceptors (Lipinski definition) is 3. The molecule has 0 radical (unpaired) electrons. The van der Waals surface area contributed by atoms with Crippen LogP contribution in [0.15, 0.2) is 57.3 Å². The van der Waals surface area contributed by atoms with Crippen molar-refractivity contribution in [2.45, 2.75) is 19.0 Å². The molecule has 3 rings (SSSR count). The van der Waals surface area contributed by atoms with Crippen LogP contribution in [0.1, 0.15) is 18.7 Å². The molecule has 2 aromatic rings. The average Bonchev–Trinajstić information content (AvgIpc) is 2.46. The van der Waals surface area contributed by atoms with Crippen LogP contribution in [0.4, 0.5) is 13.2 Å². The molecular weight excluding hydrogens is 295 g/mol. The number of para-hydroxylation sites is 1. The van der Waals surface area contributed by atoms with Crippen LogP contribution in [0.3, 0.4) is 0 Å². The fraction of sp³-hybridized carbons (Fsp3) is 0.250. The number of hydrogen-bond donors (Lipinski definition) is 0. The summed E-state index contributed by atoms with van der Waals surface area (Å²) in [6.45, 7) is 1.64. The third kappa shape index (κ3) is 2.56. The maximum Gasteiger partial charge on any atom is 0.416 e. The van der Waals surface area contributed by atoms with Crippen LogP contribution < -0.4 is 5.63 Å². The summed E-state index contributed by atoms with van der Waals surface area (Å²) in [5, 5.41) is 0.352. The van der Waals surface area contributed by atoms with E-state index in [2.05, 4.69) is 4.98 Å². The third-order valence-electron chi connectivity index (χ3n) is 3.66. The molecule has 1 aromatic heterocycles. The van der Waals surface area contributed by atoms with Gasteiger partial charge in [-0.05, 0) is 18.1 Å². The molecule has 1 aliphatic carbocycles. The van der Waals surface area contributed by atoms with Crippen LogP contribution in [0.2, 0.25) is 0 Å². The van der Waals surface area contributed by atoms with Crippen LogP contribution in [0, 0.1) is 5.92 Å². The van der Waals surface area contributed by atoms with Crippen molar-refractivity contribution in [2.24, 2.45) is 5.92 Å². The number of alkyl halides is 3. The molecule has 0 N–H and O–H groups in total. The van der Waals surface area contributed by atoms with Gasteiger partial charge < -0.3 is 4.42 Å². The number of nitrogens with zero attached hydrogens (tertiary/aromatic N) is 1. The first kappa shape index (κ1) is 14.6. The van der Waals surface area contributed by atoms with Gasteiger partial charge in [0, 0.05) is 0 Å². The lowest BCUT2D eigenvalue weighted by molar-refractivity contribution is -0.0889. The Morgan fingerprint density at radius 1 is 1.23 bits per heavy atom. The largest absolute Gasteiger partial charge is 0.416 e. The molecule has 0 saturated heterocycles. The molecule has 22 heavy (non-hydrogen) atoms. The molecular formula is C16H12F3NO2. The second kappa shape index (κ2) is 5.12. The number of halogens is 3. The normalized spacial score (nSPS) is 21.9. The zero-order valence-electron chi connectivity index (χ0n) is 11.6. The highest BCUT2D eigenvalue weighted by Gasteiger charge is 2.35. The Balaban J connectivity index is 2.02. The van der Waals surface area contributed by atoms with E-state index in [4.69, 9.17) is 4.42 Å². The van der Waals surface area contributed by atoms with Crippen molar-refractivity contribution in [1.82, 2.24) is 4.98 Å². The zero-order chi connectivity index (χ0) is 15.9. The summed E-state index contributed by atoms with van der Waals surface area (Å²) in [6, 6.07) is 6.70. The van der Waals surface area contributed by atoms with E-state index < -0.39 is 29.2 Å². The minimum atomic E-state index is -4.38. The Morgan fingerprint density at radius 3 is 2.64 bits per heavy atom. The Bertz CT molecular complexity index is 833. The smallest absolute Gasteiger partial charge is 0.407 e. The van der Waals surface area contributed by atoms with E-state index in [1.807, 2.05) is 0 Å². The second-order valence-electron chi connectivity index (χ2n) is 5.22. The summed E-state index contributed by atoms with van der Waals surface area (Å²) in [7, 11) is 0. The number of aromatic nitrogens is 1. The molecule has 0 amide bonds. The Kier molecular flexibility index (Phi) is 3.39. The van der Waals surface area contributed by atoms with Crippen LogP contribution in [0.25, 0.3) is 10.9 Å². The van der Waals surface area contributed by atoms with Crippen LogP contribution in [-0.4, -0.2) is 11.2 Å². The van der Waals surface area contributed by atoms with Crippen LogP contribution >= 0.6 is 0 Å². The summed E-state index contributed by atoms with van der Waals surface area (Å²) in [5.74, 6) is -0.841.